The van der Waals surface area contributed by atoms with Gasteiger partial charge in [0.15, 0.2) is 0 Å². The highest BCUT2D eigenvalue weighted by atomic mass is 32.1. The molecular formula is C14H14N2OS. The first-order valence-corrected chi connectivity index (χ1v) is 5.99. The molecule has 2 aromatic rings. The average molecular weight is 258 g/mol. The van der Waals surface area contributed by atoms with E-state index in [0.29, 0.717) is 11.6 Å². The second-order valence-electron chi connectivity index (χ2n) is 4.03. The Balaban J connectivity index is 2.31. The fourth-order valence-electron chi connectivity index (χ4n) is 1.56. The van der Waals surface area contributed by atoms with Gasteiger partial charge in [0.05, 0.1) is 0 Å². The Morgan fingerprint density at radius 1 is 1.17 bits per heavy atom. The zero-order valence-corrected chi connectivity index (χ0v) is 11.1. The van der Waals surface area contributed by atoms with Crippen molar-refractivity contribution in [2.45, 2.75) is 13.8 Å². The fourth-order valence-corrected chi connectivity index (χ4v) is 1.67. The fraction of sp³-hybridized carbons (Fsp3) is 0.143. The van der Waals surface area contributed by atoms with Gasteiger partial charge in [-0.1, -0.05) is 30.4 Å². The topological polar surface area (TPSA) is 48.1 Å². The standard InChI is InChI=1S/C14H14N2OS/c1-9-5-3-7-12(10(9)2)17-13-8-4-6-11(16-13)14(15)18/h3-8H,1-2H3,(H2,15,18). The molecule has 0 spiro atoms. The first-order chi connectivity index (χ1) is 8.58. The van der Waals surface area contributed by atoms with Crippen molar-refractivity contribution in [3.8, 4) is 11.6 Å². The van der Waals surface area contributed by atoms with E-state index >= 15 is 0 Å². The summed E-state index contributed by atoms with van der Waals surface area (Å²) in [6, 6.07) is 11.3. The number of nitrogens with zero attached hydrogens (tertiary/aromatic N) is 1. The molecule has 3 nitrogen and oxygen atoms in total. The molecule has 1 aromatic heterocycles. The Morgan fingerprint density at radius 2 is 1.89 bits per heavy atom. The van der Waals surface area contributed by atoms with E-state index in [2.05, 4.69) is 4.98 Å². The minimum absolute atomic E-state index is 0.265. The highest BCUT2D eigenvalue weighted by molar-refractivity contribution is 7.80. The summed E-state index contributed by atoms with van der Waals surface area (Å²) in [4.78, 5) is 4.52. The molecule has 0 atom stereocenters. The molecule has 18 heavy (non-hydrogen) atoms. The van der Waals surface area contributed by atoms with Crippen LogP contribution in [-0.2, 0) is 0 Å². The molecule has 0 aliphatic heterocycles. The van der Waals surface area contributed by atoms with Gasteiger partial charge in [-0.15, -0.1) is 0 Å². The van der Waals surface area contributed by atoms with Crippen molar-refractivity contribution in [1.29, 1.82) is 0 Å². The summed E-state index contributed by atoms with van der Waals surface area (Å²) in [7, 11) is 0. The lowest BCUT2D eigenvalue weighted by atomic mass is 10.1. The first-order valence-electron chi connectivity index (χ1n) is 5.59. The third kappa shape index (κ3) is 2.65. The van der Waals surface area contributed by atoms with Crippen molar-refractivity contribution >= 4 is 17.2 Å². The smallest absolute Gasteiger partial charge is 0.219 e. The molecule has 0 bridgehead atoms. The summed E-state index contributed by atoms with van der Waals surface area (Å²) in [5.41, 5.74) is 8.38. The number of rotatable bonds is 3. The normalized spacial score (nSPS) is 10.1. The maximum absolute atomic E-state index is 5.75. The minimum atomic E-state index is 0.265. The van der Waals surface area contributed by atoms with Crippen LogP contribution in [0.3, 0.4) is 0 Å². The molecule has 2 N–H and O–H groups in total. The van der Waals surface area contributed by atoms with Crippen LogP contribution in [-0.4, -0.2) is 9.97 Å². The lowest BCUT2D eigenvalue weighted by Crippen LogP contribution is -2.11. The molecular weight excluding hydrogens is 244 g/mol. The number of ether oxygens (including phenoxy) is 1. The van der Waals surface area contributed by atoms with E-state index in [1.807, 2.05) is 38.1 Å². The van der Waals surface area contributed by atoms with Crippen LogP contribution < -0.4 is 10.5 Å². The number of aryl methyl sites for hydroxylation is 1. The van der Waals surface area contributed by atoms with Gasteiger partial charge in [0.25, 0.3) is 0 Å². The highest BCUT2D eigenvalue weighted by Gasteiger charge is 2.05. The maximum Gasteiger partial charge on any atom is 0.219 e. The molecule has 2 rings (SSSR count). The van der Waals surface area contributed by atoms with E-state index in [-0.39, 0.29) is 4.99 Å². The van der Waals surface area contributed by atoms with Crippen LogP contribution >= 0.6 is 12.2 Å². The molecule has 1 aromatic carbocycles. The lowest BCUT2D eigenvalue weighted by Gasteiger charge is -2.10. The number of nitrogens with two attached hydrogens (primary N) is 1. The van der Waals surface area contributed by atoms with Crippen molar-refractivity contribution < 1.29 is 4.74 Å². The number of hydrogen-bond donors (Lipinski definition) is 1. The van der Waals surface area contributed by atoms with Crippen molar-refractivity contribution in [2.75, 3.05) is 0 Å². The molecule has 92 valence electrons. The van der Waals surface area contributed by atoms with Crippen LogP contribution in [0.25, 0.3) is 0 Å². The van der Waals surface area contributed by atoms with Gasteiger partial charge in [0.2, 0.25) is 5.88 Å². The second kappa shape index (κ2) is 5.14. The van der Waals surface area contributed by atoms with Crippen molar-refractivity contribution in [1.82, 2.24) is 4.98 Å². The SMILES string of the molecule is Cc1cccc(Oc2cccc(C(N)=S)n2)c1C. The van der Waals surface area contributed by atoms with Gasteiger partial charge in [-0.2, -0.15) is 0 Å². The van der Waals surface area contributed by atoms with Crippen LogP contribution in [0.1, 0.15) is 16.8 Å². The van der Waals surface area contributed by atoms with Crippen LogP contribution in [0.4, 0.5) is 0 Å². The van der Waals surface area contributed by atoms with Crippen LogP contribution in [0.2, 0.25) is 0 Å². The lowest BCUT2D eigenvalue weighted by molar-refractivity contribution is 0.459. The van der Waals surface area contributed by atoms with Gasteiger partial charge in [-0.25, -0.2) is 4.98 Å². The number of benzene rings is 1. The number of thiocarbonyl (C=S) groups is 1. The molecule has 0 aliphatic carbocycles. The zero-order chi connectivity index (χ0) is 13.1. The first kappa shape index (κ1) is 12.5. The van der Waals surface area contributed by atoms with Crippen LogP contribution in [0.15, 0.2) is 36.4 Å². The monoisotopic (exact) mass is 258 g/mol. The van der Waals surface area contributed by atoms with Crippen molar-refractivity contribution in [2.24, 2.45) is 5.73 Å². The molecule has 4 heteroatoms. The Bertz CT molecular complexity index is 596. The second-order valence-corrected chi connectivity index (χ2v) is 4.47. The van der Waals surface area contributed by atoms with Gasteiger partial charge in [0, 0.05) is 6.07 Å². The van der Waals surface area contributed by atoms with Crippen molar-refractivity contribution in [3.63, 3.8) is 0 Å². The molecule has 0 fully saturated rings. The van der Waals surface area contributed by atoms with E-state index < -0.39 is 0 Å². The Hall–Kier alpha value is -1.94. The van der Waals surface area contributed by atoms with E-state index in [1.54, 1.807) is 12.1 Å². The van der Waals surface area contributed by atoms with E-state index in [0.717, 1.165) is 11.3 Å². The quantitative estimate of drug-likeness (QED) is 0.859. The summed E-state index contributed by atoms with van der Waals surface area (Å²) in [5.74, 6) is 1.29. The van der Waals surface area contributed by atoms with Crippen LogP contribution in [0, 0.1) is 13.8 Å². The van der Waals surface area contributed by atoms with E-state index in [9.17, 15) is 0 Å². The maximum atomic E-state index is 5.75. The Kier molecular flexibility index (Phi) is 3.58. The zero-order valence-electron chi connectivity index (χ0n) is 10.3. The molecule has 0 saturated carbocycles. The van der Waals surface area contributed by atoms with Crippen LogP contribution in [0.5, 0.6) is 11.6 Å². The predicted molar refractivity (Wildman–Crippen MR) is 76.1 cm³/mol. The third-order valence-electron chi connectivity index (χ3n) is 2.75. The molecule has 1 heterocycles. The Labute approximate surface area is 112 Å². The minimum Gasteiger partial charge on any atom is -0.439 e. The molecule has 0 unspecified atom stereocenters. The largest absolute Gasteiger partial charge is 0.439 e. The molecule has 0 saturated heterocycles. The summed E-state index contributed by atoms with van der Waals surface area (Å²) >= 11 is 4.89. The van der Waals surface area contributed by atoms with Gasteiger partial charge >= 0.3 is 0 Å². The van der Waals surface area contributed by atoms with E-state index in [1.165, 1.54) is 5.56 Å². The van der Waals surface area contributed by atoms with Gasteiger partial charge in [-0.3, -0.25) is 0 Å². The molecule has 0 radical (unpaired) electrons. The number of pyridine rings is 1. The third-order valence-corrected chi connectivity index (χ3v) is 2.95. The van der Waals surface area contributed by atoms with Gasteiger partial charge in [0.1, 0.15) is 16.4 Å². The molecule has 0 aliphatic rings. The van der Waals surface area contributed by atoms with Crippen molar-refractivity contribution in [3.05, 3.63) is 53.2 Å². The summed E-state index contributed by atoms with van der Waals surface area (Å²) in [5, 5.41) is 0. The highest BCUT2D eigenvalue weighted by Crippen LogP contribution is 2.25. The van der Waals surface area contributed by atoms with Gasteiger partial charge in [-0.05, 0) is 37.1 Å². The van der Waals surface area contributed by atoms with Gasteiger partial charge < -0.3 is 10.5 Å². The summed E-state index contributed by atoms with van der Waals surface area (Å²) in [6.45, 7) is 4.06. The Morgan fingerprint density at radius 3 is 2.61 bits per heavy atom. The predicted octanol–water partition coefficient (Wildman–Crippen LogP) is 3.12. The van der Waals surface area contributed by atoms with E-state index in [4.69, 9.17) is 22.7 Å². The summed E-state index contributed by atoms with van der Waals surface area (Å²) < 4.78 is 5.75. The molecule has 0 amide bonds. The number of hydrogen-bond acceptors (Lipinski definition) is 3. The number of aromatic nitrogens is 1. The average Bonchev–Trinajstić information content (AvgIpc) is 2.35. The summed E-state index contributed by atoms with van der Waals surface area (Å²) in [6.07, 6.45) is 0.